The van der Waals surface area contributed by atoms with Gasteiger partial charge in [0.1, 0.15) is 0 Å². The van der Waals surface area contributed by atoms with E-state index < -0.39 is 0 Å². The highest BCUT2D eigenvalue weighted by molar-refractivity contribution is 5.74. The zero-order chi connectivity index (χ0) is 8.97. The third-order valence-corrected chi connectivity index (χ3v) is 1.99. The number of hydrogen-bond donors (Lipinski definition) is 2. The van der Waals surface area contributed by atoms with E-state index >= 15 is 0 Å². The zero-order valence-corrected chi connectivity index (χ0v) is 7.52. The van der Waals surface area contributed by atoms with E-state index in [9.17, 15) is 4.79 Å². The largest absolute Gasteiger partial charge is 0.335 e. The average Bonchev–Trinajstić information content (AvgIpc) is 1.93. The molecule has 0 aliphatic heterocycles. The molecule has 0 radical (unpaired) electrons. The fraction of sp³-hybridized carbons (Fsp3) is 0.667. The smallest absolute Gasteiger partial charge is 0.315 e. The molecule has 0 heterocycles. The molecule has 1 aliphatic rings. The van der Waals surface area contributed by atoms with Gasteiger partial charge in [0, 0.05) is 12.6 Å². The molecule has 12 heavy (non-hydrogen) atoms. The Bertz CT molecular complexity index is 185. The number of urea groups is 1. The van der Waals surface area contributed by atoms with E-state index in [1.54, 1.807) is 0 Å². The van der Waals surface area contributed by atoms with Crippen LogP contribution in [0.2, 0.25) is 0 Å². The molecule has 1 fully saturated rings. The van der Waals surface area contributed by atoms with Crippen molar-refractivity contribution >= 4 is 6.03 Å². The highest BCUT2D eigenvalue weighted by Gasteiger charge is 2.18. The van der Waals surface area contributed by atoms with E-state index in [0.717, 1.165) is 18.4 Å². The van der Waals surface area contributed by atoms with Crippen LogP contribution in [0.4, 0.5) is 4.79 Å². The summed E-state index contributed by atoms with van der Waals surface area (Å²) in [6.07, 6.45) is 3.49. The predicted octanol–water partition coefficient (Wildman–Crippen LogP) is 1.41. The molecule has 0 aromatic rings. The van der Waals surface area contributed by atoms with Crippen LogP contribution in [0.15, 0.2) is 12.2 Å². The van der Waals surface area contributed by atoms with E-state index in [-0.39, 0.29) is 6.03 Å². The second kappa shape index (κ2) is 4.14. The first-order valence-corrected chi connectivity index (χ1v) is 4.37. The highest BCUT2D eigenvalue weighted by Crippen LogP contribution is 2.17. The lowest BCUT2D eigenvalue weighted by atomic mass is 9.93. The van der Waals surface area contributed by atoms with Crippen molar-refractivity contribution in [1.82, 2.24) is 10.6 Å². The summed E-state index contributed by atoms with van der Waals surface area (Å²) in [7, 11) is 0. The highest BCUT2D eigenvalue weighted by atomic mass is 16.2. The topological polar surface area (TPSA) is 41.1 Å². The first-order chi connectivity index (χ1) is 5.68. The van der Waals surface area contributed by atoms with Gasteiger partial charge < -0.3 is 10.6 Å². The molecule has 0 aromatic heterocycles. The molecule has 3 nitrogen and oxygen atoms in total. The third kappa shape index (κ3) is 2.95. The molecule has 0 bridgehead atoms. The van der Waals surface area contributed by atoms with Crippen LogP contribution in [0, 0.1) is 0 Å². The second-order valence-corrected chi connectivity index (χ2v) is 3.41. The van der Waals surface area contributed by atoms with Gasteiger partial charge >= 0.3 is 6.03 Å². The summed E-state index contributed by atoms with van der Waals surface area (Å²) in [6.45, 7) is 6.16. The van der Waals surface area contributed by atoms with Crippen LogP contribution in [0.1, 0.15) is 26.2 Å². The summed E-state index contributed by atoms with van der Waals surface area (Å²) in [5, 5.41) is 5.61. The molecule has 1 saturated carbocycles. The normalized spacial score (nSPS) is 16.4. The van der Waals surface area contributed by atoms with Gasteiger partial charge in [0.25, 0.3) is 0 Å². The van der Waals surface area contributed by atoms with Crippen molar-refractivity contribution in [2.45, 2.75) is 32.2 Å². The van der Waals surface area contributed by atoms with Crippen LogP contribution in [0.5, 0.6) is 0 Å². The maximum atomic E-state index is 11.1. The Morgan fingerprint density at radius 2 is 2.25 bits per heavy atom. The van der Waals surface area contributed by atoms with Gasteiger partial charge in [-0.05, 0) is 26.2 Å². The molecule has 3 heteroatoms. The minimum Gasteiger partial charge on any atom is -0.335 e. The molecule has 0 spiro atoms. The maximum absolute atomic E-state index is 11.1. The third-order valence-electron chi connectivity index (χ3n) is 1.99. The van der Waals surface area contributed by atoms with Crippen molar-refractivity contribution in [3.63, 3.8) is 0 Å². The lowest BCUT2D eigenvalue weighted by Crippen LogP contribution is -2.45. The van der Waals surface area contributed by atoms with Gasteiger partial charge in [-0.25, -0.2) is 4.79 Å². The SMILES string of the molecule is C=C(C)CNC(=O)NC1CCC1. The minimum atomic E-state index is -0.0669. The molecular formula is C9H16N2O. The minimum absolute atomic E-state index is 0.0669. The van der Waals surface area contributed by atoms with Crippen molar-refractivity contribution in [3.05, 3.63) is 12.2 Å². The lowest BCUT2D eigenvalue weighted by molar-refractivity contribution is 0.229. The molecule has 2 N–H and O–H groups in total. The summed E-state index contributed by atoms with van der Waals surface area (Å²) < 4.78 is 0. The molecule has 0 atom stereocenters. The first-order valence-electron chi connectivity index (χ1n) is 4.37. The van der Waals surface area contributed by atoms with Gasteiger partial charge in [0.15, 0.2) is 0 Å². The Labute approximate surface area is 73.2 Å². The van der Waals surface area contributed by atoms with Crippen LogP contribution < -0.4 is 10.6 Å². The van der Waals surface area contributed by atoms with Crippen LogP contribution in [0.3, 0.4) is 0 Å². The first kappa shape index (κ1) is 9.10. The Balaban J connectivity index is 2.06. The summed E-state index contributed by atoms with van der Waals surface area (Å²) >= 11 is 0. The summed E-state index contributed by atoms with van der Waals surface area (Å²) in [4.78, 5) is 11.1. The molecule has 0 aromatic carbocycles. The summed E-state index contributed by atoms with van der Waals surface area (Å²) in [5.74, 6) is 0. The standard InChI is InChI=1S/C9H16N2O/c1-7(2)6-10-9(12)11-8-4-3-5-8/h8H,1,3-6H2,2H3,(H2,10,11,12). The fourth-order valence-corrected chi connectivity index (χ4v) is 1.02. The zero-order valence-electron chi connectivity index (χ0n) is 7.52. The molecule has 68 valence electrons. The van der Waals surface area contributed by atoms with Crippen molar-refractivity contribution in [3.8, 4) is 0 Å². The number of hydrogen-bond acceptors (Lipinski definition) is 1. The van der Waals surface area contributed by atoms with Gasteiger partial charge in [0.05, 0.1) is 0 Å². The Hall–Kier alpha value is -0.990. The number of rotatable bonds is 3. The van der Waals surface area contributed by atoms with Gasteiger partial charge in [-0.1, -0.05) is 12.2 Å². The molecule has 2 amide bonds. The lowest BCUT2D eigenvalue weighted by Gasteiger charge is -2.26. The van der Waals surface area contributed by atoms with Crippen molar-refractivity contribution in [1.29, 1.82) is 0 Å². The monoisotopic (exact) mass is 168 g/mol. The quantitative estimate of drug-likeness (QED) is 0.615. The molecule has 1 aliphatic carbocycles. The number of carbonyl (C=O) groups is 1. The number of amides is 2. The maximum Gasteiger partial charge on any atom is 0.315 e. The predicted molar refractivity (Wildman–Crippen MR) is 49.0 cm³/mol. The van der Waals surface area contributed by atoms with Gasteiger partial charge in [0.2, 0.25) is 0 Å². The average molecular weight is 168 g/mol. The van der Waals surface area contributed by atoms with Crippen molar-refractivity contribution in [2.75, 3.05) is 6.54 Å². The molecule has 0 unspecified atom stereocenters. The Kier molecular flexibility index (Phi) is 3.14. The van der Waals surface area contributed by atoms with Crippen LogP contribution >= 0.6 is 0 Å². The van der Waals surface area contributed by atoms with Crippen LogP contribution in [0.25, 0.3) is 0 Å². The molecular weight excluding hydrogens is 152 g/mol. The summed E-state index contributed by atoms with van der Waals surface area (Å²) in [5.41, 5.74) is 0.971. The van der Waals surface area contributed by atoms with E-state index in [1.807, 2.05) is 6.92 Å². The Morgan fingerprint density at radius 1 is 1.58 bits per heavy atom. The molecule has 0 saturated heterocycles. The van der Waals surface area contributed by atoms with E-state index in [4.69, 9.17) is 0 Å². The number of carbonyl (C=O) groups excluding carboxylic acids is 1. The van der Waals surface area contributed by atoms with Gasteiger partial charge in [-0.3, -0.25) is 0 Å². The van der Waals surface area contributed by atoms with Gasteiger partial charge in [-0.15, -0.1) is 0 Å². The van der Waals surface area contributed by atoms with Gasteiger partial charge in [-0.2, -0.15) is 0 Å². The van der Waals surface area contributed by atoms with Crippen molar-refractivity contribution in [2.24, 2.45) is 0 Å². The van der Waals surface area contributed by atoms with E-state index in [1.165, 1.54) is 6.42 Å². The van der Waals surface area contributed by atoms with E-state index in [2.05, 4.69) is 17.2 Å². The van der Waals surface area contributed by atoms with Crippen LogP contribution in [-0.2, 0) is 0 Å². The molecule has 1 rings (SSSR count). The van der Waals surface area contributed by atoms with Crippen LogP contribution in [-0.4, -0.2) is 18.6 Å². The van der Waals surface area contributed by atoms with Crippen molar-refractivity contribution < 1.29 is 4.79 Å². The van der Waals surface area contributed by atoms with E-state index in [0.29, 0.717) is 12.6 Å². The Morgan fingerprint density at radius 3 is 2.67 bits per heavy atom. The number of nitrogens with one attached hydrogen (secondary N) is 2. The summed E-state index contributed by atoms with van der Waals surface area (Å²) in [6, 6.07) is 0.345. The fourth-order valence-electron chi connectivity index (χ4n) is 1.02. The second-order valence-electron chi connectivity index (χ2n) is 3.41.